The molecular weight excluding hydrogens is 246 g/mol. The topological polar surface area (TPSA) is 46.2 Å². The molecule has 3 nitrogen and oxygen atoms in total. The highest BCUT2D eigenvalue weighted by Crippen LogP contribution is 2.25. The maximum absolute atomic E-state index is 12.4. The fraction of sp³-hybridized carbons (Fsp3) is 1.00. The van der Waals surface area contributed by atoms with Gasteiger partial charge in [-0.1, -0.05) is 40.0 Å². The zero-order valence-electron chi connectivity index (χ0n) is 12.1. The Bertz CT molecular complexity index is 319. The monoisotopic (exact) mass is 275 g/mol. The van der Waals surface area contributed by atoms with Gasteiger partial charge in [-0.25, -0.2) is 8.42 Å². The third-order valence-corrected chi connectivity index (χ3v) is 6.24. The molecule has 0 aromatic rings. The first-order chi connectivity index (χ1) is 8.47. The maximum Gasteiger partial charge on any atom is 0.154 e. The molecule has 1 unspecified atom stereocenters. The van der Waals surface area contributed by atoms with E-state index < -0.39 is 9.84 Å². The van der Waals surface area contributed by atoms with E-state index in [0.29, 0.717) is 11.7 Å². The van der Waals surface area contributed by atoms with Gasteiger partial charge in [0.15, 0.2) is 9.84 Å². The highest BCUT2D eigenvalue weighted by Gasteiger charge is 2.30. The molecule has 1 saturated carbocycles. The third kappa shape index (κ3) is 4.88. The Kier molecular flexibility index (Phi) is 6.64. The summed E-state index contributed by atoms with van der Waals surface area (Å²) in [6.45, 7) is 7.22. The summed E-state index contributed by atoms with van der Waals surface area (Å²) in [5, 5.41) is 3.31. The van der Waals surface area contributed by atoms with Crippen LogP contribution in [0.1, 0.15) is 59.3 Å². The molecule has 0 aliphatic heterocycles. The summed E-state index contributed by atoms with van der Waals surface area (Å²) >= 11 is 0. The van der Waals surface area contributed by atoms with Crippen molar-refractivity contribution < 1.29 is 8.42 Å². The predicted octanol–water partition coefficient (Wildman–Crippen LogP) is 2.76. The van der Waals surface area contributed by atoms with E-state index in [-0.39, 0.29) is 11.3 Å². The predicted molar refractivity (Wildman–Crippen MR) is 77.6 cm³/mol. The van der Waals surface area contributed by atoms with Crippen molar-refractivity contribution in [1.29, 1.82) is 0 Å². The molecule has 0 bridgehead atoms. The van der Waals surface area contributed by atoms with Gasteiger partial charge in [0.1, 0.15) is 0 Å². The molecule has 0 amide bonds. The third-order valence-electron chi connectivity index (χ3n) is 3.93. The summed E-state index contributed by atoms with van der Waals surface area (Å²) in [6.07, 6.45) is 6.17. The minimum absolute atomic E-state index is 0.0732. The van der Waals surface area contributed by atoms with Crippen LogP contribution in [-0.4, -0.2) is 32.0 Å². The van der Waals surface area contributed by atoms with Crippen LogP contribution < -0.4 is 5.32 Å². The van der Waals surface area contributed by atoms with Crippen LogP contribution in [0.4, 0.5) is 0 Å². The van der Waals surface area contributed by atoms with Crippen LogP contribution >= 0.6 is 0 Å². The smallest absolute Gasteiger partial charge is 0.154 e. The van der Waals surface area contributed by atoms with Gasteiger partial charge in [0.2, 0.25) is 0 Å². The quantitative estimate of drug-likeness (QED) is 0.777. The largest absolute Gasteiger partial charge is 0.313 e. The first-order valence-corrected chi connectivity index (χ1v) is 9.14. The zero-order valence-corrected chi connectivity index (χ0v) is 12.9. The Morgan fingerprint density at radius 1 is 1.17 bits per heavy atom. The Morgan fingerprint density at radius 3 is 2.28 bits per heavy atom. The van der Waals surface area contributed by atoms with Crippen LogP contribution in [0.25, 0.3) is 0 Å². The average Bonchev–Trinajstić information content (AvgIpc) is 2.35. The van der Waals surface area contributed by atoms with Crippen molar-refractivity contribution in [3.63, 3.8) is 0 Å². The lowest BCUT2D eigenvalue weighted by atomic mass is 10.0. The Morgan fingerprint density at radius 2 is 1.78 bits per heavy atom. The Hall–Kier alpha value is -0.0900. The highest BCUT2D eigenvalue weighted by molar-refractivity contribution is 7.92. The summed E-state index contributed by atoms with van der Waals surface area (Å²) in [4.78, 5) is 0. The lowest BCUT2D eigenvalue weighted by Crippen LogP contribution is -2.43. The first-order valence-electron chi connectivity index (χ1n) is 7.42. The lowest BCUT2D eigenvalue weighted by molar-refractivity contribution is 0.419. The van der Waals surface area contributed by atoms with Crippen molar-refractivity contribution in [3.8, 4) is 0 Å². The molecule has 0 saturated heterocycles. The summed E-state index contributed by atoms with van der Waals surface area (Å²) in [5.74, 6) is 0.685. The second kappa shape index (κ2) is 7.49. The number of hydrogen-bond donors (Lipinski definition) is 1. The molecule has 1 rings (SSSR count). The van der Waals surface area contributed by atoms with E-state index in [9.17, 15) is 8.42 Å². The molecule has 1 aliphatic carbocycles. The number of nitrogens with one attached hydrogen (secondary N) is 1. The van der Waals surface area contributed by atoms with Gasteiger partial charge < -0.3 is 5.32 Å². The van der Waals surface area contributed by atoms with E-state index in [1.54, 1.807) is 0 Å². The summed E-state index contributed by atoms with van der Waals surface area (Å²) in [6, 6.07) is 0.108. The second-order valence-corrected chi connectivity index (χ2v) is 8.22. The molecule has 108 valence electrons. The molecule has 1 aliphatic rings. The lowest BCUT2D eigenvalue weighted by Gasteiger charge is -2.27. The van der Waals surface area contributed by atoms with Crippen LogP contribution in [0, 0.1) is 5.92 Å². The standard InChI is InChI=1S/C14H29NO2S/c1-4-10-15-14(12(2)3)11-18(16,17)13-8-6-5-7-9-13/h12-15H,4-11H2,1-3H3. The second-order valence-electron chi connectivity index (χ2n) is 5.89. The van der Waals surface area contributed by atoms with Crippen molar-refractivity contribution in [1.82, 2.24) is 5.32 Å². The van der Waals surface area contributed by atoms with Gasteiger partial charge in [-0.2, -0.15) is 0 Å². The van der Waals surface area contributed by atoms with E-state index in [1.165, 1.54) is 6.42 Å². The zero-order chi connectivity index (χ0) is 13.6. The maximum atomic E-state index is 12.4. The van der Waals surface area contributed by atoms with Crippen molar-refractivity contribution in [3.05, 3.63) is 0 Å². The van der Waals surface area contributed by atoms with E-state index in [4.69, 9.17) is 0 Å². The van der Waals surface area contributed by atoms with Gasteiger partial charge in [0.05, 0.1) is 11.0 Å². The fourth-order valence-corrected chi connectivity index (χ4v) is 4.95. The number of rotatable bonds is 7. The van der Waals surface area contributed by atoms with Crippen LogP contribution in [0.15, 0.2) is 0 Å². The van der Waals surface area contributed by atoms with Crippen molar-refractivity contribution >= 4 is 9.84 Å². The van der Waals surface area contributed by atoms with Crippen molar-refractivity contribution in [2.45, 2.75) is 70.6 Å². The molecular formula is C14H29NO2S. The van der Waals surface area contributed by atoms with Gasteiger partial charge in [0.25, 0.3) is 0 Å². The molecule has 0 radical (unpaired) electrons. The molecule has 0 heterocycles. The van der Waals surface area contributed by atoms with Crippen LogP contribution in [-0.2, 0) is 9.84 Å². The van der Waals surface area contributed by atoms with E-state index in [1.807, 2.05) is 0 Å². The van der Waals surface area contributed by atoms with E-state index >= 15 is 0 Å². The summed E-state index contributed by atoms with van der Waals surface area (Å²) < 4.78 is 24.8. The van der Waals surface area contributed by atoms with Crippen LogP contribution in [0.3, 0.4) is 0 Å². The minimum atomic E-state index is -2.92. The molecule has 1 N–H and O–H groups in total. The molecule has 0 aromatic heterocycles. The van der Waals surface area contributed by atoms with Gasteiger partial charge in [-0.15, -0.1) is 0 Å². The molecule has 1 atom stereocenters. The summed E-state index contributed by atoms with van der Waals surface area (Å²) in [7, 11) is -2.92. The molecule has 0 aromatic carbocycles. The SMILES string of the molecule is CCCNC(CS(=O)(=O)C1CCCCC1)C(C)C. The Labute approximate surface area is 113 Å². The van der Waals surface area contributed by atoms with Gasteiger partial charge >= 0.3 is 0 Å². The van der Waals surface area contributed by atoms with Crippen LogP contribution in [0.2, 0.25) is 0 Å². The number of hydrogen-bond acceptors (Lipinski definition) is 3. The van der Waals surface area contributed by atoms with Gasteiger partial charge in [-0.05, 0) is 31.7 Å². The molecule has 1 fully saturated rings. The molecule has 0 spiro atoms. The molecule has 4 heteroatoms. The van der Waals surface area contributed by atoms with E-state index in [0.717, 1.165) is 38.6 Å². The Balaban J connectivity index is 2.59. The number of sulfone groups is 1. The van der Waals surface area contributed by atoms with Crippen molar-refractivity contribution in [2.75, 3.05) is 12.3 Å². The summed E-state index contributed by atoms with van der Waals surface area (Å²) in [5.41, 5.74) is 0. The van der Waals surface area contributed by atoms with E-state index in [2.05, 4.69) is 26.1 Å². The fourth-order valence-electron chi connectivity index (χ4n) is 2.63. The highest BCUT2D eigenvalue weighted by atomic mass is 32.2. The van der Waals surface area contributed by atoms with Gasteiger partial charge in [0, 0.05) is 6.04 Å². The average molecular weight is 275 g/mol. The van der Waals surface area contributed by atoms with Crippen LogP contribution in [0.5, 0.6) is 0 Å². The normalized spacial score (nSPS) is 20.2. The molecule has 18 heavy (non-hydrogen) atoms. The van der Waals surface area contributed by atoms with Crippen molar-refractivity contribution in [2.24, 2.45) is 5.92 Å². The van der Waals surface area contributed by atoms with Gasteiger partial charge in [-0.3, -0.25) is 0 Å². The first kappa shape index (κ1) is 16.0. The minimum Gasteiger partial charge on any atom is -0.313 e.